The normalized spacial score (nSPS) is 12.0. The van der Waals surface area contributed by atoms with Gasteiger partial charge in [-0.25, -0.2) is 4.39 Å². The molecule has 0 fully saturated rings. The van der Waals surface area contributed by atoms with Gasteiger partial charge in [0, 0.05) is 29.6 Å². The van der Waals surface area contributed by atoms with Gasteiger partial charge in [0.25, 0.3) is 5.91 Å². The van der Waals surface area contributed by atoms with E-state index in [1.54, 1.807) is 0 Å². The zero-order valence-electron chi connectivity index (χ0n) is 22.3. The second-order valence-electron chi connectivity index (χ2n) is 9.11. The lowest BCUT2D eigenvalue weighted by Gasteiger charge is -2.31. The van der Waals surface area contributed by atoms with Crippen LogP contribution in [-0.4, -0.2) is 38.2 Å². The molecule has 0 aromatic heterocycles. The fourth-order valence-corrected chi connectivity index (χ4v) is 4.67. The zero-order valence-corrected chi connectivity index (χ0v) is 23.0. The van der Waals surface area contributed by atoms with Gasteiger partial charge in [-0.15, -0.1) is 0 Å². The number of anilines is 1. The maximum absolute atomic E-state index is 14.7. The first-order valence-electron chi connectivity index (χ1n) is 12.1. The quantitative estimate of drug-likeness (QED) is 0.192. The number of Topliss-reactive ketones (excluding diaryl/α,β-unsaturated/α-hetero) is 1. The molecule has 3 aromatic rings. The molecule has 0 heterocycles. The fraction of sp³-hybridized carbons (Fsp3) is 0.276. The van der Waals surface area contributed by atoms with Gasteiger partial charge in [-0.1, -0.05) is 30.7 Å². The lowest BCUT2D eigenvalue weighted by molar-refractivity contribution is -0.348. The van der Waals surface area contributed by atoms with Crippen LogP contribution in [0, 0.1) is 11.3 Å². The van der Waals surface area contributed by atoms with E-state index < -0.39 is 46.7 Å². The fourth-order valence-electron chi connectivity index (χ4n) is 4.36. The summed E-state index contributed by atoms with van der Waals surface area (Å²) in [6.07, 6.45) is -13.4. The third-order valence-electron chi connectivity index (χ3n) is 6.61. The Kier molecular flexibility index (Phi) is 9.27. The van der Waals surface area contributed by atoms with Crippen LogP contribution < -0.4 is 9.64 Å². The van der Waals surface area contributed by atoms with Crippen molar-refractivity contribution in [1.29, 1.82) is 5.26 Å². The molecule has 3 rings (SSSR count). The lowest BCUT2D eigenvalue weighted by atomic mass is 9.88. The number of benzene rings is 3. The van der Waals surface area contributed by atoms with Crippen molar-refractivity contribution < 1.29 is 45.1 Å². The average molecular weight is 615 g/mol. The van der Waals surface area contributed by atoms with Crippen molar-refractivity contribution >= 4 is 29.0 Å². The summed E-state index contributed by atoms with van der Waals surface area (Å²) in [5.41, 5.74) is -7.01. The van der Waals surface area contributed by atoms with E-state index in [0.717, 1.165) is 0 Å². The summed E-state index contributed by atoms with van der Waals surface area (Å²) in [6, 6.07) is 12.7. The molecule has 13 heteroatoms. The van der Waals surface area contributed by atoms with Crippen molar-refractivity contribution in [1.82, 2.24) is 0 Å². The number of hydrogen-bond acceptors (Lipinski definition) is 4. The summed E-state index contributed by atoms with van der Waals surface area (Å²) in [6.45, 7) is 1.40. The second kappa shape index (κ2) is 12.0. The third-order valence-corrected chi connectivity index (χ3v) is 6.95. The average Bonchev–Trinajstić information content (AvgIpc) is 2.94. The van der Waals surface area contributed by atoms with Crippen LogP contribution in [0.25, 0.3) is 0 Å². The minimum absolute atomic E-state index is 0.0327. The minimum Gasteiger partial charge on any atom is -0.494 e. The van der Waals surface area contributed by atoms with Gasteiger partial charge in [-0.3, -0.25) is 9.59 Å². The highest BCUT2D eigenvalue weighted by Crippen LogP contribution is 2.54. The molecule has 0 aliphatic carbocycles. The van der Waals surface area contributed by atoms with Crippen LogP contribution in [0.5, 0.6) is 5.75 Å². The number of nitriles is 1. The molecular formula is C29H22ClF7N2O3. The largest absolute Gasteiger partial charge is 0.494 e. The number of hydrogen-bond donors (Lipinski definition) is 0. The monoisotopic (exact) mass is 614 g/mol. The Labute approximate surface area is 241 Å². The summed E-state index contributed by atoms with van der Waals surface area (Å²) < 4.78 is 100. The van der Waals surface area contributed by atoms with Crippen molar-refractivity contribution in [2.75, 3.05) is 19.1 Å². The van der Waals surface area contributed by atoms with E-state index in [9.17, 15) is 40.3 Å². The number of methoxy groups -OCH3 is 1. The summed E-state index contributed by atoms with van der Waals surface area (Å²) >= 11 is 6.08. The first kappa shape index (κ1) is 32.4. The molecule has 3 aromatic carbocycles. The van der Waals surface area contributed by atoms with E-state index in [2.05, 4.69) is 0 Å². The molecule has 222 valence electrons. The molecular weight excluding hydrogens is 593 g/mol. The van der Waals surface area contributed by atoms with Gasteiger partial charge >= 0.3 is 18.0 Å². The second-order valence-corrected chi connectivity index (χ2v) is 9.52. The number of carbonyl (C=O) groups is 2. The predicted molar refractivity (Wildman–Crippen MR) is 141 cm³/mol. The lowest BCUT2D eigenvalue weighted by Crippen LogP contribution is -2.50. The van der Waals surface area contributed by atoms with Crippen LogP contribution in [0.3, 0.4) is 0 Å². The number of nitrogens with zero attached hydrogens (tertiary/aromatic N) is 2. The van der Waals surface area contributed by atoms with Gasteiger partial charge in [0.2, 0.25) is 0 Å². The third kappa shape index (κ3) is 5.92. The van der Waals surface area contributed by atoms with Crippen LogP contribution in [0.2, 0.25) is 5.02 Å². The Morgan fingerprint density at radius 1 is 0.976 bits per heavy atom. The number of aryl methyl sites for hydroxylation is 1. The van der Waals surface area contributed by atoms with Gasteiger partial charge in [0.1, 0.15) is 0 Å². The first-order valence-corrected chi connectivity index (χ1v) is 12.5. The molecule has 0 aliphatic heterocycles. The SMILES string of the molecule is CCc1cc(C(F)(C(F)(F)F)C(F)(F)F)cc(Cl)c1CC(=O)c1cccc(N(C)C(=O)c2ccc(C#N)cc2)c1OC. The Bertz CT molecular complexity index is 1530. The van der Waals surface area contributed by atoms with Crippen LogP contribution in [0.1, 0.15) is 49.9 Å². The highest BCUT2D eigenvalue weighted by atomic mass is 35.5. The highest BCUT2D eigenvalue weighted by molar-refractivity contribution is 6.32. The number of rotatable bonds is 8. The van der Waals surface area contributed by atoms with Crippen molar-refractivity contribution in [2.45, 2.75) is 37.8 Å². The van der Waals surface area contributed by atoms with E-state index in [0.29, 0.717) is 11.6 Å². The van der Waals surface area contributed by atoms with Crippen molar-refractivity contribution in [3.8, 4) is 11.8 Å². The van der Waals surface area contributed by atoms with E-state index >= 15 is 0 Å². The standard InChI is InChI=1S/C29H22ClF7N2O3/c1-4-17-12-19(27(31,28(32,33)34)29(35,36)37)13-22(30)21(17)14-24(40)20-6-5-7-23(25(20)42-3)39(2)26(41)18-10-8-16(15-38)9-11-18/h5-13H,4,14H2,1-3H3. The summed E-state index contributed by atoms with van der Waals surface area (Å²) in [7, 11) is 2.66. The number of ketones is 1. The summed E-state index contributed by atoms with van der Waals surface area (Å²) in [4.78, 5) is 27.7. The smallest absolute Gasteiger partial charge is 0.435 e. The first-order chi connectivity index (χ1) is 19.5. The zero-order chi connectivity index (χ0) is 31.6. The molecule has 0 bridgehead atoms. The number of alkyl halides is 7. The van der Waals surface area contributed by atoms with Crippen molar-refractivity contribution in [3.05, 3.63) is 93.0 Å². The molecule has 0 saturated heterocycles. The van der Waals surface area contributed by atoms with Crippen LogP contribution in [0.15, 0.2) is 54.6 Å². The number of carbonyl (C=O) groups excluding carboxylic acids is 2. The number of ether oxygens (including phenoxy) is 1. The maximum Gasteiger partial charge on any atom is 0.435 e. The molecule has 0 unspecified atom stereocenters. The van der Waals surface area contributed by atoms with Gasteiger partial charge < -0.3 is 9.64 Å². The van der Waals surface area contributed by atoms with Crippen LogP contribution >= 0.6 is 11.6 Å². The molecule has 42 heavy (non-hydrogen) atoms. The number of amides is 1. The molecule has 0 N–H and O–H groups in total. The minimum atomic E-state index is -6.33. The maximum atomic E-state index is 14.7. The van der Waals surface area contributed by atoms with E-state index in [4.69, 9.17) is 21.6 Å². The molecule has 1 amide bonds. The molecule has 0 saturated carbocycles. The van der Waals surface area contributed by atoms with Crippen LogP contribution in [0.4, 0.5) is 36.4 Å². The van der Waals surface area contributed by atoms with Gasteiger partial charge in [0.15, 0.2) is 11.5 Å². The predicted octanol–water partition coefficient (Wildman–Crippen LogP) is 7.77. The molecule has 5 nitrogen and oxygen atoms in total. The summed E-state index contributed by atoms with van der Waals surface area (Å²) in [5, 5.41) is 8.31. The van der Waals surface area contributed by atoms with Crippen molar-refractivity contribution in [2.24, 2.45) is 0 Å². The Balaban J connectivity index is 2.02. The highest BCUT2D eigenvalue weighted by Gasteiger charge is 2.73. The van der Waals surface area contributed by atoms with E-state index in [1.807, 2.05) is 6.07 Å². The molecule has 0 spiro atoms. The molecule has 0 atom stereocenters. The number of halogens is 8. The Morgan fingerprint density at radius 3 is 2.07 bits per heavy atom. The van der Waals surface area contributed by atoms with E-state index in [1.165, 1.54) is 68.4 Å². The van der Waals surface area contributed by atoms with Gasteiger partial charge in [-0.05, 0) is 60.0 Å². The van der Waals surface area contributed by atoms with Gasteiger partial charge in [-0.2, -0.15) is 31.6 Å². The van der Waals surface area contributed by atoms with Crippen molar-refractivity contribution in [3.63, 3.8) is 0 Å². The van der Waals surface area contributed by atoms with Crippen LogP contribution in [-0.2, 0) is 18.5 Å². The topological polar surface area (TPSA) is 70.4 Å². The van der Waals surface area contributed by atoms with E-state index in [-0.39, 0.29) is 46.2 Å². The molecule has 0 aliphatic rings. The Morgan fingerprint density at radius 2 is 1.57 bits per heavy atom. The van der Waals surface area contributed by atoms with Gasteiger partial charge in [0.05, 0.1) is 30.0 Å². The Hall–Kier alpha value is -4.11. The summed E-state index contributed by atoms with van der Waals surface area (Å²) in [5.74, 6) is -1.22. The number of para-hydroxylation sites is 1. The molecule has 0 radical (unpaired) electrons.